The molecule has 0 saturated heterocycles. The van der Waals surface area contributed by atoms with Crippen molar-refractivity contribution >= 4 is 44.2 Å². The molecule has 17 heavy (non-hydrogen) atoms. The van der Waals surface area contributed by atoms with Crippen LogP contribution in [0.5, 0.6) is 0 Å². The molecule has 6 heteroatoms. The molecule has 1 heterocycles. The van der Waals surface area contributed by atoms with Crippen LogP contribution in [0.1, 0.15) is 13.3 Å². The number of H-pyrrole nitrogens is 1. The second-order valence-corrected chi connectivity index (χ2v) is 4.45. The number of amides is 1. The summed E-state index contributed by atoms with van der Waals surface area (Å²) < 4.78 is 0.690. The van der Waals surface area contributed by atoms with E-state index in [0.717, 1.165) is 10.9 Å². The highest BCUT2D eigenvalue weighted by atomic mass is 79.9. The Hall–Kier alpha value is -1.69. The van der Waals surface area contributed by atoms with Gasteiger partial charge in [0.2, 0.25) is 5.91 Å². The number of nitrogens with zero attached hydrogens (tertiary/aromatic N) is 1. The first-order valence-electron chi connectivity index (χ1n) is 4.99. The van der Waals surface area contributed by atoms with Crippen LogP contribution in [0.15, 0.2) is 22.8 Å². The number of halogens is 1. The maximum absolute atomic E-state index is 11.4. The Labute approximate surface area is 106 Å². The predicted octanol–water partition coefficient (Wildman–Crippen LogP) is 2.24. The molecule has 0 aliphatic carbocycles. The molecule has 2 rings (SSSR count). The fourth-order valence-corrected chi connectivity index (χ4v) is 1.91. The zero-order chi connectivity index (χ0) is 12.4. The summed E-state index contributed by atoms with van der Waals surface area (Å²) in [6.45, 7) is 1.38. The van der Waals surface area contributed by atoms with Crippen molar-refractivity contribution in [3.63, 3.8) is 0 Å². The van der Waals surface area contributed by atoms with Gasteiger partial charge in [-0.15, -0.1) is 0 Å². The Morgan fingerprint density at radius 2 is 2.24 bits per heavy atom. The second kappa shape index (κ2) is 4.67. The maximum atomic E-state index is 11.4. The summed E-state index contributed by atoms with van der Waals surface area (Å²) in [6.07, 6.45) is -0.107. The minimum Gasteiger partial charge on any atom is -0.326 e. The molecular weight excluding hydrogens is 286 g/mol. The summed E-state index contributed by atoms with van der Waals surface area (Å²) in [5, 5.41) is 10.4. The van der Waals surface area contributed by atoms with Crippen molar-refractivity contribution in [1.29, 1.82) is 0 Å². The van der Waals surface area contributed by atoms with Gasteiger partial charge in [0.15, 0.2) is 0 Å². The van der Waals surface area contributed by atoms with Gasteiger partial charge in [0, 0.05) is 11.1 Å². The van der Waals surface area contributed by atoms with E-state index < -0.39 is 0 Å². The predicted molar refractivity (Wildman–Crippen MR) is 67.7 cm³/mol. The quantitative estimate of drug-likeness (QED) is 0.853. The number of hydrogen-bond acceptors (Lipinski definition) is 3. The summed E-state index contributed by atoms with van der Waals surface area (Å²) in [7, 11) is 0. The minimum atomic E-state index is -0.309. The molecule has 0 atom stereocenters. The van der Waals surface area contributed by atoms with Gasteiger partial charge in [0.05, 0.1) is 11.9 Å². The Morgan fingerprint density at radius 1 is 1.47 bits per heavy atom. The molecule has 5 nitrogen and oxygen atoms in total. The lowest BCUT2D eigenvalue weighted by Crippen LogP contribution is -2.14. The molecule has 0 radical (unpaired) electrons. The number of carbonyl (C=O) groups excluding carboxylic acids is 2. The fourth-order valence-electron chi connectivity index (χ4n) is 1.49. The largest absolute Gasteiger partial charge is 0.326 e. The normalized spacial score (nSPS) is 10.5. The lowest BCUT2D eigenvalue weighted by atomic mass is 10.2. The van der Waals surface area contributed by atoms with Crippen molar-refractivity contribution in [2.75, 3.05) is 5.32 Å². The molecule has 0 spiro atoms. The molecular formula is C11H10BrN3O2. The summed E-state index contributed by atoms with van der Waals surface area (Å²) in [6, 6.07) is 5.36. The fraction of sp³-hybridized carbons (Fsp3) is 0.182. The van der Waals surface area contributed by atoms with Crippen LogP contribution >= 0.6 is 15.9 Å². The third-order valence-corrected chi connectivity index (χ3v) is 2.81. The van der Waals surface area contributed by atoms with Crippen LogP contribution < -0.4 is 5.32 Å². The van der Waals surface area contributed by atoms with E-state index in [4.69, 9.17) is 0 Å². The van der Waals surface area contributed by atoms with Crippen LogP contribution in [0.3, 0.4) is 0 Å². The molecule has 0 saturated carbocycles. The number of Topliss-reactive ketones (excluding diaryl/α,β-unsaturated/α-hetero) is 1. The topological polar surface area (TPSA) is 74.8 Å². The van der Waals surface area contributed by atoms with Crippen molar-refractivity contribution in [3.8, 4) is 0 Å². The third kappa shape index (κ3) is 2.71. The smallest absolute Gasteiger partial charge is 0.231 e. The Bertz CT molecular complexity index is 591. The van der Waals surface area contributed by atoms with E-state index in [-0.39, 0.29) is 18.1 Å². The van der Waals surface area contributed by atoms with E-state index in [1.165, 1.54) is 6.92 Å². The SMILES string of the molecule is CC(=O)CC(=O)Nc1ccc2[nH]nc(Br)c2c1. The molecule has 1 aromatic carbocycles. The monoisotopic (exact) mass is 295 g/mol. The van der Waals surface area contributed by atoms with E-state index in [1.807, 2.05) is 6.07 Å². The first-order chi connectivity index (χ1) is 8.06. The molecule has 0 aliphatic heterocycles. The third-order valence-electron chi connectivity index (χ3n) is 2.21. The lowest BCUT2D eigenvalue weighted by Gasteiger charge is -2.03. The second-order valence-electron chi connectivity index (χ2n) is 3.70. The van der Waals surface area contributed by atoms with E-state index in [2.05, 4.69) is 31.4 Å². The first kappa shape index (κ1) is 11.8. The van der Waals surface area contributed by atoms with Crippen LogP contribution in [-0.4, -0.2) is 21.9 Å². The summed E-state index contributed by atoms with van der Waals surface area (Å²) in [4.78, 5) is 22.2. The summed E-state index contributed by atoms with van der Waals surface area (Å²) in [5.74, 6) is -0.468. The van der Waals surface area contributed by atoms with Gasteiger partial charge >= 0.3 is 0 Å². The lowest BCUT2D eigenvalue weighted by molar-refractivity contribution is -0.124. The van der Waals surface area contributed by atoms with E-state index in [1.54, 1.807) is 12.1 Å². The average molecular weight is 296 g/mol. The number of ketones is 1. The number of rotatable bonds is 3. The van der Waals surface area contributed by atoms with Crippen molar-refractivity contribution in [3.05, 3.63) is 22.8 Å². The van der Waals surface area contributed by atoms with Gasteiger partial charge in [0.25, 0.3) is 0 Å². The van der Waals surface area contributed by atoms with Gasteiger partial charge in [-0.2, -0.15) is 5.10 Å². The van der Waals surface area contributed by atoms with Crippen LogP contribution in [0.25, 0.3) is 10.9 Å². The molecule has 0 fully saturated rings. The van der Waals surface area contributed by atoms with Gasteiger partial charge < -0.3 is 5.32 Å². The maximum Gasteiger partial charge on any atom is 0.231 e. The number of aromatic amines is 1. The van der Waals surface area contributed by atoms with Crippen LogP contribution in [-0.2, 0) is 9.59 Å². The van der Waals surface area contributed by atoms with Crippen LogP contribution in [0.2, 0.25) is 0 Å². The summed E-state index contributed by atoms with van der Waals surface area (Å²) in [5.41, 5.74) is 1.52. The number of carbonyl (C=O) groups is 2. The van der Waals surface area contributed by atoms with Crippen molar-refractivity contribution in [2.24, 2.45) is 0 Å². The molecule has 0 aliphatic rings. The number of hydrogen-bond donors (Lipinski definition) is 2. The Kier molecular flexibility index (Phi) is 3.23. The number of fused-ring (bicyclic) bond motifs is 1. The number of anilines is 1. The van der Waals surface area contributed by atoms with Gasteiger partial charge in [-0.1, -0.05) is 0 Å². The summed E-state index contributed by atoms with van der Waals surface area (Å²) >= 11 is 3.30. The van der Waals surface area contributed by atoms with Gasteiger partial charge in [-0.25, -0.2) is 0 Å². The highest BCUT2D eigenvalue weighted by Gasteiger charge is 2.07. The number of aromatic nitrogens is 2. The van der Waals surface area contributed by atoms with Crippen LogP contribution in [0.4, 0.5) is 5.69 Å². The van der Waals surface area contributed by atoms with E-state index >= 15 is 0 Å². The van der Waals surface area contributed by atoms with Crippen molar-refractivity contribution < 1.29 is 9.59 Å². The number of nitrogens with one attached hydrogen (secondary N) is 2. The molecule has 2 aromatic rings. The Balaban J connectivity index is 2.21. The highest BCUT2D eigenvalue weighted by molar-refractivity contribution is 9.10. The molecule has 0 unspecified atom stereocenters. The van der Waals surface area contributed by atoms with Crippen LogP contribution in [0, 0.1) is 0 Å². The first-order valence-corrected chi connectivity index (χ1v) is 5.78. The average Bonchev–Trinajstić information content (AvgIpc) is 2.59. The van der Waals surface area contributed by atoms with E-state index in [0.29, 0.717) is 10.3 Å². The molecule has 88 valence electrons. The Morgan fingerprint density at radius 3 is 2.94 bits per heavy atom. The number of benzene rings is 1. The van der Waals surface area contributed by atoms with Crippen molar-refractivity contribution in [2.45, 2.75) is 13.3 Å². The van der Waals surface area contributed by atoms with Gasteiger partial charge in [-0.3, -0.25) is 14.7 Å². The minimum absolute atomic E-state index is 0.107. The standard InChI is InChI=1S/C11H10BrN3O2/c1-6(16)4-10(17)13-7-2-3-9-8(5-7)11(12)15-14-9/h2-3,5H,4H2,1H3,(H,13,17)(H,14,15). The van der Waals surface area contributed by atoms with Crippen molar-refractivity contribution in [1.82, 2.24) is 10.2 Å². The molecule has 1 aromatic heterocycles. The molecule has 1 amide bonds. The molecule has 2 N–H and O–H groups in total. The van der Waals surface area contributed by atoms with Gasteiger partial charge in [-0.05, 0) is 41.1 Å². The zero-order valence-electron chi connectivity index (χ0n) is 9.08. The van der Waals surface area contributed by atoms with E-state index in [9.17, 15) is 9.59 Å². The molecule has 0 bridgehead atoms. The zero-order valence-corrected chi connectivity index (χ0v) is 10.7. The highest BCUT2D eigenvalue weighted by Crippen LogP contribution is 2.24. The van der Waals surface area contributed by atoms with Gasteiger partial charge in [0.1, 0.15) is 10.4 Å².